The molecule has 10 bridgehead atoms. The van der Waals surface area contributed by atoms with Crippen LogP contribution in [-0.2, 0) is 78.3 Å². The van der Waals surface area contributed by atoms with Gasteiger partial charge in [0.25, 0.3) is 0 Å². The third-order valence-electron chi connectivity index (χ3n) is 20.9. The quantitative estimate of drug-likeness (QED) is 0.0219. The van der Waals surface area contributed by atoms with Gasteiger partial charge in [0.1, 0.15) is 24.0 Å². The number of hydrogen-bond acceptors (Lipinski definition) is 21. The highest BCUT2D eigenvalue weighted by molar-refractivity contribution is 7.90. The van der Waals surface area contributed by atoms with Gasteiger partial charge in [0.2, 0.25) is 38.6 Å². The van der Waals surface area contributed by atoms with Crippen LogP contribution in [0.2, 0.25) is 0 Å². The molecule has 99 heavy (non-hydrogen) atoms. The Morgan fingerprint density at radius 1 is 0.838 bits per heavy atom. The van der Waals surface area contributed by atoms with Crippen LogP contribution in [0.3, 0.4) is 0 Å². The van der Waals surface area contributed by atoms with Crippen LogP contribution in [0.5, 0.6) is 0 Å². The van der Waals surface area contributed by atoms with E-state index in [1.54, 1.807) is 45.2 Å². The van der Waals surface area contributed by atoms with Gasteiger partial charge >= 0.3 is 6.03 Å². The first-order valence-electron chi connectivity index (χ1n) is 35.5. The number of primary amides is 1. The van der Waals surface area contributed by atoms with Gasteiger partial charge in [0, 0.05) is 115 Å². The molecule has 8 aliphatic rings. The first-order chi connectivity index (χ1) is 47.1. The van der Waals surface area contributed by atoms with Crippen molar-refractivity contribution in [2.24, 2.45) is 29.4 Å². The Hall–Kier alpha value is -5.84. The smallest absolute Gasteiger partial charge is 0.312 e. The number of anilines is 1. The number of ketones is 1. The number of aliphatic hydroxyl groups excluding tert-OH is 1. The number of aliphatic hydroxyl groups is 2. The van der Waals surface area contributed by atoms with Crippen LogP contribution >= 0.6 is 0 Å². The predicted molar refractivity (Wildman–Crippen MR) is 362 cm³/mol. The molecule has 8 saturated heterocycles. The topological polar surface area (TPSA) is 355 Å². The van der Waals surface area contributed by atoms with E-state index in [0.717, 1.165) is 68.8 Å². The van der Waals surface area contributed by atoms with Crippen molar-refractivity contribution in [3.63, 3.8) is 0 Å². The van der Waals surface area contributed by atoms with Crippen LogP contribution in [0.15, 0.2) is 66.1 Å². The number of ether oxygens (including phenoxy) is 9. The Morgan fingerprint density at radius 2 is 1.57 bits per heavy atom. The fourth-order valence-electron chi connectivity index (χ4n) is 15.5. The van der Waals surface area contributed by atoms with E-state index in [4.69, 9.17) is 48.4 Å². The van der Waals surface area contributed by atoms with E-state index in [1.165, 1.54) is 19.3 Å². The minimum absolute atomic E-state index is 0.00380. The number of unbranched alkanes of at least 4 members (excludes halogenated alkanes) is 1. The molecule has 8 fully saturated rings. The summed E-state index contributed by atoms with van der Waals surface area (Å²) in [6.45, 7) is 18.2. The molecule has 10 rings (SSSR count). The molecule has 26 nitrogen and oxygen atoms in total. The van der Waals surface area contributed by atoms with Crippen molar-refractivity contribution >= 4 is 45.1 Å². The number of fused-ring (bicyclic) bond motifs is 9. The fraction of sp³-hybridized carbons (Fsp3) is 0.708. The molecule has 9 heterocycles. The SMILES string of the molecule is C=C1C[C@@H]2CC[C@]34CC[C@H](O3)C3O[C@H]5CC[C@H](CC(=O)C[C@@H]6[C@@H](OC)[C@@H](C[C@H](O)CNC(C)(O)OCc7ccc(NC(=O)[C@H](CCCNC(N)=O)NC(=O)[C@@H](NC(=O)CCCC#Cc8cnc(S(C)(=O)=O)nc8)C(C)C)cc7)O[C@H]6C[C@H]6O[C@@H](CC[C@@H]1O2)C[C@@H](C)C6=C)O[C@@H]5[C@H](O4)[C@@H]3C. The summed E-state index contributed by atoms with van der Waals surface area (Å²) in [7, 11) is -1.95. The summed E-state index contributed by atoms with van der Waals surface area (Å²) in [5, 5.41) is 36.6. The highest BCUT2D eigenvalue weighted by Crippen LogP contribution is 2.51. The number of nitrogens with one attached hydrogen (secondary N) is 5. The highest BCUT2D eigenvalue weighted by atomic mass is 32.2. The zero-order valence-corrected chi connectivity index (χ0v) is 59.1. The second kappa shape index (κ2) is 33.5. The number of hydrogen-bond donors (Lipinski definition) is 8. The highest BCUT2D eigenvalue weighted by Gasteiger charge is 2.60. The lowest BCUT2D eigenvalue weighted by Crippen LogP contribution is -2.60. The second-order valence-electron chi connectivity index (χ2n) is 29.1. The van der Waals surface area contributed by atoms with Crippen LogP contribution in [0.4, 0.5) is 10.5 Å². The number of nitrogens with zero attached hydrogens (tertiary/aromatic N) is 2. The van der Waals surface area contributed by atoms with E-state index in [0.29, 0.717) is 48.9 Å². The molecule has 0 aliphatic carbocycles. The van der Waals surface area contributed by atoms with E-state index in [-0.39, 0.29) is 148 Å². The molecular weight excluding hydrogens is 1300 g/mol. The Labute approximate surface area is 581 Å². The number of amides is 5. The number of urea groups is 1. The summed E-state index contributed by atoms with van der Waals surface area (Å²) in [5.41, 5.74) is 8.76. The standard InChI is InChI=1S/C72H104N8O18S/c1-40(2)62(80-61(83)16-12-10-11-14-46-36-75-70(76-37-46)99(9,88)89)68(85)79-54(15-13-29-74-69(73)86)67(84)78-47-19-17-45(18-20-47)39-91-71(7,87)77-38-49(82)34-60-65(90-8)53-33-48(81)32-51-22-24-56-66(94-51)64-44(6)63(96-56)57-26-28-72(97-57,98-64)27-25-52-31-42(4)55(92-52)23-21-50-30-41(3)43(5)58(93-50)35-59(53)95-60/h17-20,36-37,40-41,44,49-60,62-66,77,82,87H,4-5,10,12-13,15-16,21-35,38-39H2,1-3,6-9H3,(H,78,84)(H,79,85)(H,80,83)(H3,73,74,86)/t41-,44-,49+,50+,51-,52+,53+,54+,55+,56+,57+,58-,59+,60-,62+,63?,64-,65-,66+,71?,72+/m1/s1. The van der Waals surface area contributed by atoms with Gasteiger partial charge in [0.15, 0.2) is 5.79 Å². The lowest BCUT2D eigenvalue weighted by atomic mass is 9.80. The third kappa shape index (κ3) is 20.1. The number of carbonyl (C=O) groups is 5. The van der Waals surface area contributed by atoms with Gasteiger partial charge < -0.3 is 79.8 Å². The Kier molecular flexibility index (Phi) is 25.7. The summed E-state index contributed by atoms with van der Waals surface area (Å²) >= 11 is 0. The Bertz CT molecular complexity index is 3350. The Balaban J connectivity index is 0.728. The van der Waals surface area contributed by atoms with Crippen LogP contribution in [0.25, 0.3) is 0 Å². The Morgan fingerprint density at radius 3 is 2.29 bits per heavy atom. The summed E-state index contributed by atoms with van der Waals surface area (Å²) in [6.07, 6.45) is 8.67. The van der Waals surface area contributed by atoms with Gasteiger partial charge in [-0.05, 0) is 111 Å². The summed E-state index contributed by atoms with van der Waals surface area (Å²) in [5.74, 6) is 0.958. The zero-order chi connectivity index (χ0) is 70.9. The van der Waals surface area contributed by atoms with E-state index in [2.05, 4.69) is 75.4 Å². The van der Waals surface area contributed by atoms with E-state index in [9.17, 15) is 42.6 Å². The third-order valence-corrected chi connectivity index (χ3v) is 21.8. The molecule has 27 heteroatoms. The summed E-state index contributed by atoms with van der Waals surface area (Å²) in [4.78, 5) is 74.4. The number of carbonyl (C=O) groups excluding carboxylic acids is 5. The van der Waals surface area contributed by atoms with Crippen LogP contribution in [0, 0.1) is 35.5 Å². The predicted octanol–water partition coefficient (Wildman–Crippen LogP) is 5.64. The van der Waals surface area contributed by atoms with Gasteiger partial charge in [-0.15, -0.1) is 0 Å². The van der Waals surface area contributed by atoms with Crippen LogP contribution in [0.1, 0.15) is 168 Å². The molecule has 8 aliphatic heterocycles. The molecule has 2 aromatic rings. The maximum absolute atomic E-state index is 14.6. The van der Waals surface area contributed by atoms with Gasteiger partial charge in [-0.1, -0.05) is 64.8 Å². The van der Waals surface area contributed by atoms with Crippen molar-refractivity contribution in [3.05, 3.63) is 72.1 Å². The molecule has 2 unspecified atom stereocenters. The number of benzene rings is 1. The zero-order valence-electron chi connectivity index (χ0n) is 58.3. The summed E-state index contributed by atoms with van der Waals surface area (Å²) in [6, 6.07) is 3.81. The average molecular weight is 1400 g/mol. The van der Waals surface area contributed by atoms with Crippen LogP contribution in [-0.4, -0.2) is 194 Å². The van der Waals surface area contributed by atoms with E-state index >= 15 is 0 Å². The number of methoxy groups -OCH3 is 1. The number of Topliss-reactive ketones (excluding diaryl/α,β-unsaturated/α-hetero) is 1. The number of nitrogens with two attached hydrogens (primary N) is 1. The van der Waals surface area contributed by atoms with Crippen molar-refractivity contribution in [3.8, 4) is 11.8 Å². The van der Waals surface area contributed by atoms with E-state index in [1.807, 2.05) is 0 Å². The lowest BCUT2D eigenvalue weighted by Gasteiger charge is -2.50. The average Bonchev–Trinajstić information content (AvgIpc) is 1.62. The first kappa shape index (κ1) is 75.8. The molecule has 0 radical (unpaired) electrons. The van der Waals surface area contributed by atoms with Crippen molar-refractivity contribution in [2.75, 3.05) is 31.8 Å². The van der Waals surface area contributed by atoms with Gasteiger partial charge in [0.05, 0.1) is 91.5 Å². The fourth-order valence-corrected chi connectivity index (χ4v) is 16.0. The maximum Gasteiger partial charge on any atom is 0.312 e. The maximum atomic E-state index is 14.6. The number of sulfone groups is 1. The summed E-state index contributed by atoms with van der Waals surface area (Å²) < 4.78 is 83.9. The second-order valence-corrected chi connectivity index (χ2v) is 31.0. The van der Waals surface area contributed by atoms with Crippen molar-refractivity contribution in [1.82, 2.24) is 31.2 Å². The largest absolute Gasteiger partial charge is 0.392 e. The monoisotopic (exact) mass is 1400 g/mol. The molecule has 1 aromatic heterocycles. The normalized spacial score (nSPS) is 33.1. The first-order valence-corrected chi connectivity index (χ1v) is 37.4. The van der Waals surface area contributed by atoms with Gasteiger partial charge in [-0.2, -0.15) is 0 Å². The minimum Gasteiger partial charge on any atom is -0.392 e. The molecule has 546 valence electrons. The van der Waals surface area contributed by atoms with Crippen LogP contribution < -0.4 is 32.3 Å². The van der Waals surface area contributed by atoms with Gasteiger partial charge in [-0.3, -0.25) is 24.5 Å². The molecule has 0 saturated carbocycles. The molecule has 21 atom stereocenters. The molecule has 1 aromatic carbocycles. The molecule has 9 N–H and O–H groups in total. The number of aromatic nitrogens is 2. The molecular formula is C72H104N8O18S. The van der Waals surface area contributed by atoms with Crippen molar-refractivity contribution < 1.29 is 85.2 Å². The van der Waals surface area contributed by atoms with Crippen molar-refractivity contribution in [1.29, 1.82) is 0 Å². The number of rotatable bonds is 23. The van der Waals surface area contributed by atoms with E-state index < -0.39 is 87.7 Å². The van der Waals surface area contributed by atoms with Gasteiger partial charge in [-0.25, -0.2) is 23.2 Å². The molecule has 5 amide bonds. The lowest BCUT2D eigenvalue weighted by molar-refractivity contribution is -0.288. The minimum atomic E-state index is -3.56. The van der Waals surface area contributed by atoms with Crippen molar-refractivity contribution in [2.45, 2.75) is 278 Å². The molecule has 1 spiro atoms.